The smallest absolute Gasteiger partial charge is 0.248 e. The van der Waals surface area contributed by atoms with Gasteiger partial charge in [0, 0.05) is 13.0 Å². The number of hydrogen-bond acceptors (Lipinski definition) is 3. The van der Waals surface area contributed by atoms with E-state index in [2.05, 4.69) is 27.4 Å². The van der Waals surface area contributed by atoms with Crippen LogP contribution in [0.5, 0.6) is 0 Å². The quantitative estimate of drug-likeness (QED) is 0.394. The molecule has 24 heavy (non-hydrogen) atoms. The topological polar surface area (TPSA) is 49.8 Å². The molecule has 0 spiro atoms. The van der Waals surface area contributed by atoms with Gasteiger partial charge in [-0.05, 0) is 43.1 Å². The van der Waals surface area contributed by atoms with Gasteiger partial charge >= 0.3 is 0 Å². The molecule has 142 valence electrons. The molecular formula is C20H39NO3. The summed E-state index contributed by atoms with van der Waals surface area (Å²) in [6.45, 7) is 12.6. The zero-order valence-electron chi connectivity index (χ0n) is 16.7. The molecule has 0 aliphatic carbocycles. The minimum Gasteiger partial charge on any atom is -0.389 e. The number of carbonyl (C=O) groups is 1. The fourth-order valence-electron chi connectivity index (χ4n) is 3.11. The van der Waals surface area contributed by atoms with E-state index in [1.807, 2.05) is 6.92 Å². The van der Waals surface area contributed by atoms with Gasteiger partial charge in [0.25, 0.3) is 0 Å². The van der Waals surface area contributed by atoms with Gasteiger partial charge in [-0.3, -0.25) is 9.63 Å². The fourth-order valence-corrected chi connectivity index (χ4v) is 3.11. The zero-order valence-corrected chi connectivity index (χ0v) is 16.7. The maximum absolute atomic E-state index is 12.0. The number of hydroxylamine groups is 2. The predicted octanol–water partition coefficient (Wildman–Crippen LogP) is 4.58. The van der Waals surface area contributed by atoms with Gasteiger partial charge in [-0.1, -0.05) is 53.5 Å². The second-order valence-electron chi connectivity index (χ2n) is 7.46. The Balaban J connectivity index is 4.13. The normalized spacial score (nSPS) is 16.3. The maximum Gasteiger partial charge on any atom is 0.248 e. The molecule has 0 saturated heterocycles. The van der Waals surface area contributed by atoms with Crippen molar-refractivity contribution in [3.63, 3.8) is 0 Å². The lowest BCUT2D eigenvalue weighted by Crippen LogP contribution is -2.31. The Kier molecular flexibility index (Phi) is 12.0. The van der Waals surface area contributed by atoms with Crippen LogP contribution in [0.2, 0.25) is 0 Å². The molecule has 3 unspecified atom stereocenters. The summed E-state index contributed by atoms with van der Waals surface area (Å²) in [6, 6.07) is 0. The second-order valence-corrected chi connectivity index (χ2v) is 7.46. The molecule has 0 rings (SSSR count). The van der Waals surface area contributed by atoms with Crippen LogP contribution in [0.4, 0.5) is 0 Å². The number of rotatable bonds is 13. The van der Waals surface area contributed by atoms with E-state index in [1.54, 1.807) is 7.05 Å². The standard InChI is InChI=1S/C20H39NO3/c1-8-9-10-15(2)13-17(4)19(22)12-11-16(3)14-18(5)20(23)21(6)24-7/h15-16,18-19,22H,4,8-14H2,1-3,5-7H3/t15-,16?,18?,19?/m1/s1. The van der Waals surface area contributed by atoms with Crippen LogP contribution >= 0.6 is 0 Å². The molecule has 0 fully saturated rings. The Morgan fingerprint density at radius 2 is 1.79 bits per heavy atom. The number of aliphatic hydroxyl groups excluding tert-OH is 1. The van der Waals surface area contributed by atoms with E-state index >= 15 is 0 Å². The Bertz CT molecular complexity index is 370. The average Bonchev–Trinajstić information content (AvgIpc) is 2.55. The molecule has 0 radical (unpaired) electrons. The first-order valence-electron chi connectivity index (χ1n) is 9.40. The summed E-state index contributed by atoms with van der Waals surface area (Å²) in [5.41, 5.74) is 0.953. The van der Waals surface area contributed by atoms with Crippen molar-refractivity contribution in [1.29, 1.82) is 0 Å². The third kappa shape index (κ3) is 9.43. The van der Waals surface area contributed by atoms with E-state index in [9.17, 15) is 9.90 Å². The number of hydrogen-bond donors (Lipinski definition) is 1. The second kappa shape index (κ2) is 12.5. The third-order valence-electron chi connectivity index (χ3n) is 4.83. The molecule has 4 heteroatoms. The van der Waals surface area contributed by atoms with Crippen LogP contribution in [0.15, 0.2) is 12.2 Å². The molecule has 0 aromatic rings. The summed E-state index contributed by atoms with van der Waals surface area (Å²) in [7, 11) is 3.13. The number of aliphatic hydroxyl groups is 1. The van der Waals surface area contributed by atoms with E-state index < -0.39 is 6.10 Å². The van der Waals surface area contributed by atoms with Gasteiger partial charge < -0.3 is 5.11 Å². The van der Waals surface area contributed by atoms with Gasteiger partial charge in [0.1, 0.15) is 0 Å². The number of carbonyl (C=O) groups excluding carboxylic acids is 1. The summed E-state index contributed by atoms with van der Waals surface area (Å²) < 4.78 is 0. The van der Waals surface area contributed by atoms with Gasteiger partial charge in [0.15, 0.2) is 0 Å². The summed E-state index contributed by atoms with van der Waals surface area (Å²) in [4.78, 5) is 16.9. The first-order valence-corrected chi connectivity index (χ1v) is 9.40. The monoisotopic (exact) mass is 341 g/mol. The highest BCUT2D eigenvalue weighted by Crippen LogP contribution is 2.24. The number of nitrogens with zero attached hydrogens (tertiary/aromatic N) is 1. The lowest BCUT2D eigenvalue weighted by Gasteiger charge is -2.23. The molecule has 0 aliphatic heterocycles. The summed E-state index contributed by atoms with van der Waals surface area (Å²) in [5, 5.41) is 11.6. The van der Waals surface area contributed by atoms with E-state index in [4.69, 9.17) is 4.84 Å². The molecule has 1 amide bonds. The van der Waals surface area contributed by atoms with Gasteiger partial charge in [0.2, 0.25) is 5.91 Å². The van der Waals surface area contributed by atoms with Gasteiger partial charge in [-0.2, -0.15) is 0 Å². The summed E-state index contributed by atoms with van der Waals surface area (Å²) >= 11 is 0. The first-order chi connectivity index (χ1) is 11.2. The van der Waals surface area contributed by atoms with Crippen molar-refractivity contribution < 1.29 is 14.7 Å². The molecule has 1 N–H and O–H groups in total. The van der Waals surface area contributed by atoms with E-state index in [0.29, 0.717) is 11.8 Å². The van der Waals surface area contributed by atoms with Gasteiger partial charge in [-0.25, -0.2) is 5.06 Å². The molecule has 0 heterocycles. The van der Waals surface area contributed by atoms with Crippen molar-refractivity contribution in [2.24, 2.45) is 17.8 Å². The third-order valence-corrected chi connectivity index (χ3v) is 4.83. The van der Waals surface area contributed by atoms with E-state index in [1.165, 1.54) is 31.4 Å². The molecule has 0 aromatic heterocycles. The predicted molar refractivity (Wildman–Crippen MR) is 100 cm³/mol. The number of unbranched alkanes of at least 4 members (excludes halogenated alkanes) is 1. The van der Waals surface area contributed by atoms with Crippen LogP contribution in [-0.2, 0) is 9.63 Å². The van der Waals surface area contributed by atoms with Crippen molar-refractivity contribution in [3.05, 3.63) is 12.2 Å². The zero-order chi connectivity index (χ0) is 18.7. The molecule has 0 aromatic carbocycles. The van der Waals surface area contributed by atoms with Crippen LogP contribution in [0.3, 0.4) is 0 Å². The van der Waals surface area contributed by atoms with Crippen LogP contribution in [0, 0.1) is 17.8 Å². The first kappa shape index (κ1) is 23.1. The lowest BCUT2D eigenvalue weighted by atomic mass is 9.88. The van der Waals surface area contributed by atoms with E-state index in [-0.39, 0.29) is 11.8 Å². The molecule has 0 saturated carbocycles. The largest absolute Gasteiger partial charge is 0.389 e. The van der Waals surface area contributed by atoms with Crippen molar-refractivity contribution >= 4 is 5.91 Å². The van der Waals surface area contributed by atoms with Crippen LogP contribution in [0.1, 0.15) is 72.6 Å². The Hall–Kier alpha value is -0.870. The molecule has 0 aliphatic rings. The Labute approximate surface area is 149 Å². The minimum atomic E-state index is -0.427. The lowest BCUT2D eigenvalue weighted by molar-refractivity contribution is -0.173. The maximum atomic E-state index is 12.0. The average molecular weight is 342 g/mol. The molecule has 4 nitrogen and oxygen atoms in total. The highest BCUT2D eigenvalue weighted by Gasteiger charge is 2.21. The van der Waals surface area contributed by atoms with Crippen molar-refractivity contribution in [2.45, 2.75) is 78.7 Å². The van der Waals surface area contributed by atoms with Crippen LogP contribution in [-0.4, -0.2) is 36.3 Å². The summed E-state index contributed by atoms with van der Waals surface area (Å²) in [6.07, 6.45) is 6.56. The van der Waals surface area contributed by atoms with Crippen molar-refractivity contribution in [1.82, 2.24) is 5.06 Å². The fraction of sp³-hybridized carbons (Fsp3) is 0.850. The van der Waals surface area contributed by atoms with E-state index in [0.717, 1.165) is 31.3 Å². The van der Waals surface area contributed by atoms with Gasteiger partial charge in [-0.15, -0.1) is 0 Å². The summed E-state index contributed by atoms with van der Waals surface area (Å²) in [5.74, 6) is 0.902. The van der Waals surface area contributed by atoms with Crippen LogP contribution < -0.4 is 0 Å². The highest BCUT2D eigenvalue weighted by molar-refractivity contribution is 5.77. The van der Waals surface area contributed by atoms with Crippen molar-refractivity contribution in [2.75, 3.05) is 14.2 Å². The minimum absolute atomic E-state index is 0.000873. The van der Waals surface area contributed by atoms with Crippen LogP contribution in [0.25, 0.3) is 0 Å². The number of amides is 1. The molecular weight excluding hydrogens is 302 g/mol. The Morgan fingerprint density at radius 3 is 2.33 bits per heavy atom. The molecule has 0 bridgehead atoms. The molecule has 4 atom stereocenters. The SMILES string of the molecule is C=C(C[C@H](C)CCCC)C(O)CCC(C)CC(C)C(=O)N(C)OC. The van der Waals surface area contributed by atoms with Crippen molar-refractivity contribution in [3.8, 4) is 0 Å². The highest BCUT2D eigenvalue weighted by atomic mass is 16.7. The van der Waals surface area contributed by atoms with Gasteiger partial charge in [0.05, 0.1) is 13.2 Å². The Morgan fingerprint density at radius 1 is 1.17 bits per heavy atom.